The molecule has 1 aromatic carbocycles. The third-order valence-corrected chi connectivity index (χ3v) is 3.98. The van der Waals surface area contributed by atoms with Crippen LogP contribution in [0.15, 0.2) is 18.2 Å². The number of nitrogens with one attached hydrogen (secondary N) is 3. The van der Waals surface area contributed by atoms with Gasteiger partial charge in [0.15, 0.2) is 5.11 Å². The Labute approximate surface area is 141 Å². The van der Waals surface area contributed by atoms with E-state index in [4.69, 9.17) is 23.8 Å². The standard InChI is InChI=1S/C14H21ClN4O2S/c1-3-18(4-2)9-5-8-16-14(22)17-13-10-11(19(20)21)6-7-12(13)15/h6-7,10H,3-5,8-9H2,1-2H3,(H2,16,17,22)/p+1. The molecule has 0 aliphatic heterocycles. The van der Waals surface area contributed by atoms with Crippen LogP contribution in [0, 0.1) is 10.1 Å². The fourth-order valence-electron chi connectivity index (χ4n) is 2.03. The molecule has 1 rings (SSSR count). The van der Waals surface area contributed by atoms with Gasteiger partial charge >= 0.3 is 0 Å². The van der Waals surface area contributed by atoms with Crippen LogP contribution in [0.2, 0.25) is 5.02 Å². The zero-order valence-corrected chi connectivity index (χ0v) is 14.4. The van der Waals surface area contributed by atoms with Crippen LogP contribution >= 0.6 is 23.8 Å². The molecule has 3 N–H and O–H groups in total. The summed E-state index contributed by atoms with van der Waals surface area (Å²) in [5.41, 5.74) is 0.405. The van der Waals surface area contributed by atoms with Gasteiger partial charge in [-0.25, -0.2) is 0 Å². The SMILES string of the molecule is CC[NH+](CC)CCCNC(=S)Nc1cc([N+](=O)[O-])ccc1Cl. The fraction of sp³-hybridized carbons (Fsp3) is 0.500. The van der Waals surface area contributed by atoms with E-state index in [-0.39, 0.29) is 5.69 Å². The Kier molecular flexibility index (Phi) is 8.08. The fourth-order valence-corrected chi connectivity index (χ4v) is 2.41. The Morgan fingerprint density at radius 2 is 2.09 bits per heavy atom. The van der Waals surface area contributed by atoms with Gasteiger partial charge in [-0.15, -0.1) is 0 Å². The molecule has 0 unspecified atom stereocenters. The molecule has 22 heavy (non-hydrogen) atoms. The summed E-state index contributed by atoms with van der Waals surface area (Å²) in [5.74, 6) is 0. The molecule has 122 valence electrons. The van der Waals surface area contributed by atoms with E-state index in [0.29, 0.717) is 15.8 Å². The minimum Gasteiger partial charge on any atom is -0.362 e. The van der Waals surface area contributed by atoms with Crippen LogP contribution < -0.4 is 15.5 Å². The first kappa shape index (κ1) is 18.6. The highest BCUT2D eigenvalue weighted by Crippen LogP contribution is 2.26. The van der Waals surface area contributed by atoms with E-state index in [1.807, 2.05) is 0 Å². The smallest absolute Gasteiger partial charge is 0.271 e. The minimum atomic E-state index is -0.467. The molecular weight excluding hydrogens is 324 g/mol. The number of nitro benzene ring substituents is 1. The van der Waals surface area contributed by atoms with Crippen LogP contribution in [0.1, 0.15) is 20.3 Å². The highest BCUT2D eigenvalue weighted by Gasteiger charge is 2.10. The molecule has 0 spiro atoms. The molecule has 0 aliphatic rings. The predicted molar refractivity (Wildman–Crippen MR) is 93.9 cm³/mol. The minimum absolute atomic E-state index is 0.0279. The number of thiocarbonyl (C=S) groups is 1. The van der Waals surface area contributed by atoms with Crippen molar-refractivity contribution in [1.82, 2.24) is 5.32 Å². The van der Waals surface area contributed by atoms with E-state index < -0.39 is 4.92 Å². The van der Waals surface area contributed by atoms with Crippen LogP contribution in [-0.2, 0) is 0 Å². The molecule has 0 aliphatic carbocycles. The predicted octanol–water partition coefficient (Wildman–Crippen LogP) is 1.85. The van der Waals surface area contributed by atoms with E-state index in [0.717, 1.165) is 32.6 Å². The maximum atomic E-state index is 10.8. The van der Waals surface area contributed by atoms with Gasteiger partial charge in [0.1, 0.15) is 0 Å². The lowest BCUT2D eigenvalue weighted by Gasteiger charge is -2.16. The summed E-state index contributed by atoms with van der Waals surface area (Å²) in [6.07, 6.45) is 1.00. The first-order valence-electron chi connectivity index (χ1n) is 7.30. The molecule has 0 fully saturated rings. The summed E-state index contributed by atoms with van der Waals surface area (Å²) in [6.45, 7) is 8.40. The topological polar surface area (TPSA) is 71.6 Å². The Hall–Kier alpha value is -1.44. The number of benzene rings is 1. The highest BCUT2D eigenvalue weighted by molar-refractivity contribution is 7.80. The molecule has 0 atom stereocenters. The number of non-ortho nitro benzene ring substituents is 1. The third kappa shape index (κ3) is 6.13. The molecule has 0 saturated heterocycles. The summed E-state index contributed by atoms with van der Waals surface area (Å²) in [7, 11) is 0. The van der Waals surface area contributed by atoms with Crippen LogP contribution in [-0.4, -0.2) is 36.2 Å². The van der Waals surface area contributed by atoms with Crippen molar-refractivity contribution < 1.29 is 9.82 Å². The van der Waals surface area contributed by atoms with Crippen molar-refractivity contribution in [2.24, 2.45) is 0 Å². The maximum Gasteiger partial charge on any atom is 0.271 e. The second kappa shape index (κ2) is 9.55. The molecule has 0 bridgehead atoms. The van der Waals surface area contributed by atoms with E-state index in [1.54, 1.807) is 4.90 Å². The van der Waals surface area contributed by atoms with Gasteiger partial charge in [0.25, 0.3) is 5.69 Å². The number of nitro groups is 1. The van der Waals surface area contributed by atoms with E-state index in [1.165, 1.54) is 18.2 Å². The average Bonchev–Trinajstić information content (AvgIpc) is 2.49. The molecule has 0 saturated carbocycles. The zero-order chi connectivity index (χ0) is 16.5. The number of hydrogen-bond donors (Lipinski definition) is 3. The van der Waals surface area contributed by atoms with Crippen LogP contribution in [0.5, 0.6) is 0 Å². The summed E-state index contributed by atoms with van der Waals surface area (Å²) >= 11 is 11.2. The van der Waals surface area contributed by atoms with Crippen LogP contribution in [0.3, 0.4) is 0 Å². The number of hydrogen-bond acceptors (Lipinski definition) is 3. The summed E-state index contributed by atoms with van der Waals surface area (Å²) in [6, 6.07) is 4.21. The Bertz CT molecular complexity index is 524. The van der Waals surface area contributed by atoms with Gasteiger partial charge in [0.05, 0.1) is 35.3 Å². The lowest BCUT2D eigenvalue weighted by Crippen LogP contribution is -3.11. The van der Waals surface area contributed by atoms with Gasteiger partial charge in [-0.05, 0) is 32.1 Å². The Morgan fingerprint density at radius 1 is 1.41 bits per heavy atom. The highest BCUT2D eigenvalue weighted by atomic mass is 35.5. The van der Waals surface area contributed by atoms with Gasteiger partial charge in [0.2, 0.25) is 0 Å². The number of nitrogens with zero attached hydrogens (tertiary/aromatic N) is 1. The van der Waals surface area contributed by atoms with Crippen molar-refractivity contribution in [1.29, 1.82) is 0 Å². The number of halogens is 1. The van der Waals surface area contributed by atoms with Crippen molar-refractivity contribution >= 4 is 40.3 Å². The molecule has 8 heteroatoms. The maximum absolute atomic E-state index is 10.8. The third-order valence-electron chi connectivity index (χ3n) is 3.40. The van der Waals surface area contributed by atoms with Gasteiger partial charge in [-0.1, -0.05) is 11.6 Å². The first-order valence-corrected chi connectivity index (χ1v) is 8.08. The van der Waals surface area contributed by atoms with Gasteiger partial charge < -0.3 is 15.5 Å². The second-order valence-electron chi connectivity index (χ2n) is 4.86. The average molecular weight is 346 g/mol. The number of rotatable bonds is 8. The second-order valence-corrected chi connectivity index (χ2v) is 5.68. The van der Waals surface area contributed by atoms with Crippen molar-refractivity contribution in [2.45, 2.75) is 20.3 Å². The van der Waals surface area contributed by atoms with E-state index >= 15 is 0 Å². The summed E-state index contributed by atoms with van der Waals surface area (Å²) in [4.78, 5) is 11.8. The van der Waals surface area contributed by atoms with E-state index in [9.17, 15) is 10.1 Å². The lowest BCUT2D eigenvalue weighted by atomic mass is 10.3. The summed E-state index contributed by atoms with van der Waals surface area (Å²) in [5, 5.41) is 17.6. The molecule has 6 nitrogen and oxygen atoms in total. The summed E-state index contributed by atoms with van der Waals surface area (Å²) < 4.78 is 0. The van der Waals surface area contributed by atoms with Crippen LogP contribution in [0.25, 0.3) is 0 Å². The van der Waals surface area contributed by atoms with Crippen molar-refractivity contribution in [3.05, 3.63) is 33.3 Å². The lowest BCUT2D eigenvalue weighted by molar-refractivity contribution is -0.896. The normalized spacial score (nSPS) is 10.5. The van der Waals surface area contributed by atoms with Crippen molar-refractivity contribution in [2.75, 3.05) is 31.5 Å². The monoisotopic (exact) mass is 345 g/mol. The Balaban J connectivity index is 2.45. The van der Waals surface area contributed by atoms with Crippen molar-refractivity contribution in [3.63, 3.8) is 0 Å². The van der Waals surface area contributed by atoms with Crippen molar-refractivity contribution in [3.8, 4) is 0 Å². The van der Waals surface area contributed by atoms with Gasteiger partial charge in [-0.3, -0.25) is 10.1 Å². The molecular formula is C14H22ClN4O2S+. The largest absolute Gasteiger partial charge is 0.362 e. The zero-order valence-electron chi connectivity index (χ0n) is 12.8. The number of anilines is 1. The molecule has 0 heterocycles. The van der Waals surface area contributed by atoms with Gasteiger partial charge in [0, 0.05) is 25.1 Å². The Morgan fingerprint density at radius 3 is 2.68 bits per heavy atom. The molecule has 0 aromatic heterocycles. The van der Waals surface area contributed by atoms with Crippen LogP contribution in [0.4, 0.5) is 11.4 Å². The quantitative estimate of drug-likeness (QED) is 0.290. The number of quaternary nitrogens is 1. The van der Waals surface area contributed by atoms with E-state index in [2.05, 4.69) is 24.5 Å². The van der Waals surface area contributed by atoms with Gasteiger partial charge in [-0.2, -0.15) is 0 Å². The molecule has 1 aromatic rings. The molecule has 0 amide bonds. The molecule has 0 radical (unpaired) electrons. The first-order chi connectivity index (χ1) is 10.5.